The zero-order chi connectivity index (χ0) is 36.4. The standard InChI is InChI=1S/C33H52N6O8S/c1-10-11-13-21(25(41)28(43)34-18-23(40)36-24(29(44)38(8)9)20-15-17-48-19-20)35-27(42)22-14-12-16-39(22)30(45)26(32(2,3)4)37-31(46)47-33(5,6)7/h15,17,19,21-22,24,26H,10-14,16,18H2,1-9H3,(H,34,43)(H,35,42)(H,36,40)(H,37,46)/t21?,22-,24-,26+/m0/s1. The van der Waals surface area contributed by atoms with Crippen molar-refractivity contribution in [3.8, 4) is 0 Å². The molecule has 14 nitrogen and oxygen atoms in total. The number of likely N-dealkylation sites (N-methyl/N-ethyl adjacent to an activating group) is 1. The lowest BCUT2D eigenvalue weighted by atomic mass is 9.85. The lowest BCUT2D eigenvalue weighted by molar-refractivity contribution is -0.144. The number of unbranched alkanes of at least 4 members (excludes halogenated alkanes) is 1. The predicted molar refractivity (Wildman–Crippen MR) is 181 cm³/mol. The van der Waals surface area contributed by atoms with E-state index in [0.717, 1.165) is 0 Å². The van der Waals surface area contributed by atoms with Crippen molar-refractivity contribution in [2.24, 2.45) is 5.41 Å². The van der Waals surface area contributed by atoms with E-state index in [1.54, 1.807) is 72.5 Å². The molecule has 0 aliphatic carbocycles. The number of carbonyl (C=O) groups excluding carboxylic acids is 7. The second-order valence-corrected chi connectivity index (χ2v) is 15.0. The van der Waals surface area contributed by atoms with Crippen LogP contribution in [0.25, 0.3) is 0 Å². The number of ether oxygens (including phenoxy) is 1. The Kier molecular flexibility index (Phi) is 14.6. The van der Waals surface area contributed by atoms with Gasteiger partial charge in [-0.25, -0.2) is 4.79 Å². The lowest BCUT2D eigenvalue weighted by Crippen LogP contribution is -2.59. The average Bonchev–Trinajstić information content (AvgIpc) is 3.70. The lowest BCUT2D eigenvalue weighted by Gasteiger charge is -2.36. The Balaban J connectivity index is 2.11. The smallest absolute Gasteiger partial charge is 0.408 e. The molecule has 268 valence electrons. The molecular weight excluding hydrogens is 640 g/mol. The zero-order valence-corrected chi connectivity index (χ0v) is 30.4. The molecule has 0 spiro atoms. The summed E-state index contributed by atoms with van der Waals surface area (Å²) < 4.78 is 5.36. The van der Waals surface area contributed by atoms with E-state index in [1.165, 1.54) is 21.1 Å². The Hall–Kier alpha value is -4.01. The highest BCUT2D eigenvalue weighted by Gasteiger charge is 2.43. The first-order valence-electron chi connectivity index (χ1n) is 16.2. The fraction of sp³-hybridized carbons (Fsp3) is 0.667. The van der Waals surface area contributed by atoms with Crippen LogP contribution < -0.4 is 21.3 Å². The zero-order valence-electron chi connectivity index (χ0n) is 29.6. The highest BCUT2D eigenvalue weighted by atomic mass is 32.1. The Labute approximate surface area is 287 Å². The molecule has 0 bridgehead atoms. The molecule has 4 atom stereocenters. The van der Waals surface area contributed by atoms with E-state index < -0.39 is 77.2 Å². The summed E-state index contributed by atoms with van der Waals surface area (Å²) in [6.45, 7) is 12.1. The van der Waals surface area contributed by atoms with Crippen LogP contribution in [0.5, 0.6) is 0 Å². The molecule has 1 fully saturated rings. The van der Waals surface area contributed by atoms with Crippen LogP contribution in [-0.2, 0) is 33.5 Å². The average molecular weight is 693 g/mol. The maximum absolute atomic E-state index is 13.8. The van der Waals surface area contributed by atoms with Crippen LogP contribution in [0.15, 0.2) is 16.8 Å². The van der Waals surface area contributed by atoms with Crippen LogP contribution in [-0.4, -0.2) is 102 Å². The summed E-state index contributed by atoms with van der Waals surface area (Å²) in [5.41, 5.74) is -0.907. The van der Waals surface area contributed by atoms with Gasteiger partial charge in [-0.3, -0.25) is 28.8 Å². The first-order valence-corrected chi connectivity index (χ1v) is 17.2. The second kappa shape index (κ2) is 17.4. The second-order valence-electron chi connectivity index (χ2n) is 14.2. The van der Waals surface area contributed by atoms with Gasteiger partial charge in [0.15, 0.2) is 0 Å². The van der Waals surface area contributed by atoms with E-state index in [-0.39, 0.29) is 18.9 Å². The van der Waals surface area contributed by atoms with Crippen molar-refractivity contribution in [1.82, 2.24) is 31.1 Å². The van der Waals surface area contributed by atoms with Gasteiger partial charge >= 0.3 is 6.09 Å². The number of amides is 6. The fourth-order valence-corrected chi connectivity index (χ4v) is 5.78. The monoisotopic (exact) mass is 692 g/mol. The van der Waals surface area contributed by atoms with E-state index in [9.17, 15) is 33.6 Å². The van der Waals surface area contributed by atoms with Crippen molar-refractivity contribution < 1.29 is 38.3 Å². The highest BCUT2D eigenvalue weighted by molar-refractivity contribution is 7.08. The van der Waals surface area contributed by atoms with Crippen LogP contribution in [0, 0.1) is 5.41 Å². The van der Waals surface area contributed by atoms with Gasteiger partial charge in [0.2, 0.25) is 29.4 Å². The summed E-state index contributed by atoms with van der Waals surface area (Å²) in [4.78, 5) is 94.2. The molecule has 48 heavy (non-hydrogen) atoms. The Morgan fingerprint density at radius 3 is 2.23 bits per heavy atom. The van der Waals surface area contributed by atoms with Crippen LogP contribution in [0.4, 0.5) is 4.79 Å². The number of nitrogens with zero attached hydrogens (tertiary/aromatic N) is 2. The van der Waals surface area contributed by atoms with Crippen LogP contribution in [0.2, 0.25) is 0 Å². The van der Waals surface area contributed by atoms with Crippen molar-refractivity contribution >= 4 is 52.7 Å². The number of ketones is 1. The fourth-order valence-electron chi connectivity index (χ4n) is 5.09. The van der Waals surface area contributed by atoms with Crippen molar-refractivity contribution in [1.29, 1.82) is 0 Å². The van der Waals surface area contributed by atoms with Crippen molar-refractivity contribution in [3.05, 3.63) is 22.4 Å². The summed E-state index contributed by atoms with van der Waals surface area (Å²) in [6.07, 6.45) is 1.48. The molecule has 2 heterocycles. The van der Waals surface area contributed by atoms with E-state index in [1.807, 2.05) is 6.92 Å². The maximum Gasteiger partial charge on any atom is 0.408 e. The van der Waals surface area contributed by atoms with Gasteiger partial charge in [0, 0.05) is 20.6 Å². The molecule has 1 aromatic rings. The van der Waals surface area contributed by atoms with Gasteiger partial charge in [-0.05, 0) is 67.8 Å². The molecule has 2 rings (SSSR count). The molecule has 1 aromatic heterocycles. The minimum atomic E-state index is -1.19. The van der Waals surface area contributed by atoms with E-state index >= 15 is 0 Å². The predicted octanol–water partition coefficient (Wildman–Crippen LogP) is 2.28. The molecule has 1 aliphatic heterocycles. The number of carbonyl (C=O) groups is 7. The summed E-state index contributed by atoms with van der Waals surface area (Å²) in [5.74, 6) is -4.08. The van der Waals surface area contributed by atoms with E-state index in [2.05, 4.69) is 21.3 Å². The van der Waals surface area contributed by atoms with Gasteiger partial charge in [-0.1, -0.05) is 40.5 Å². The summed E-state index contributed by atoms with van der Waals surface area (Å²) in [7, 11) is 3.12. The third-order valence-corrected chi connectivity index (χ3v) is 8.30. The van der Waals surface area contributed by atoms with Gasteiger partial charge in [0.25, 0.3) is 5.91 Å². The number of rotatable bonds is 14. The minimum absolute atomic E-state index is 0.170. The van der Waals surface area contributed by atoms with Crippen LogP contribution in [0.3, 0.4) is 0 Å². The Morgan fingerprint density at radius 2 is 1.69 bits per heavy atom. The molecule has 1 saturated heterocycles. The van der Waals surface area contributed by atoms with E-state index in [0.29, 0.717) is 31.2 Å². The molecule has 1 unspecified atom stereocenters. The summed E-state index contributed by atoms with van der Waals surface area (Å²) in [6, 6.07) is -2.36. The van der Waals surface area contributed by atoms with Gasteiger partial charge in [0.1, 0.15) is 23.7 Å². The first-order chi connectivity index (χ1) is 22.3. The number of hydrogen-bond donors (Lipinski definition) is 4. The summed E-state index contributed by atoms with van der Waals surface area (Å²) >= 11 is 1.36. The van der Waals surface area contributed by atoms with Gasteiger partial charge in [-0.15, -0.1) is 0 Å². The number of hydrogen-bond acceptors (Lipinski definition) is 9. The molecule has 6 amide bonds. The third-order valence-electron chi connectivity index (χ3n) is 7.59. The molecule has 0 saturated carbocycles. The highest BCUT2D eigenvalue weighted by Crippen LogP contribution is 2.26. The van der Waals surface area contributed by atoms with Crippen molar-refractivity contribution in [2.75, 3.05) is 27.2 Å². The van der Waals surface area contributed by atoms with Gasteiger partial charge in [-0.2, -0.15) is 11.3 Å². The quantitative estimate of drug-likeness (QED) is 0.214. The van der Waals surface area contributed by atoms with Gasteiger partial charge in [0.05, 0.1) is 12.6 Å². The number of thiophene rings is 1. The van der Waals surface area contributed by atoms with E-state index in [4.69, 9.17) is 4.74 Å². The molecule has 15 heteroatoms. The van der Waals surface area contributed by atoms with Gasteiger partial charge < -0.3 is 35.8 Å². The van der Waals surface area contributed by atoms with Crippen LogP contribution in [0.1, 0.15) is 92.2 Å². The molecule has 4 N–H and O–H groups in total. The normalized spacial score (nSPS) is 16.6. The van der Waals surface area contributed by atoms with Crippen molar-refractivity contribution in [2.45, 2.75) is 110 Å². The topological polar surface area (TPSA) is 183 Å². The van der Waals surface area contributed by atoms with Crippen molar-refractivity contribution in [3.63, 3.8) is 0 Å². The molecular formula is C33H52N6O8S. The number of nitrogens with one attached hydrogen (secondary N) is 4. The Bertz CT molecular complexity index is 1320. The number of likely N-dealkylation sites (tertiary alicyclic amines) is 1. The number of alkyl carbamates (subject to hydrolysis) is 1. The van der Waals surface area contributed by atoms with Crippen LogP contribution >= 0.6 is 11.3 Å². The third kappa shape index (κ3) is 11.9. The maximum atomic E-state index is 13.8. The first kappa shape index (κ1) is 40.2. The molecule has 0 aromatic carbocycles. The molecule has 1 aliphatic rings. The summed E-state index contributed by atoms with van der Waals surface area (Å²) in [5, 5.41) is 13.7. The Morgan fingerprint density at radius 1 is 1.02 bits per heavy atom. The SMILES string of the molecule is CCCCC(NC(=O)[C@@H]1CCCN1C(=O)[C@@H](NC(=O)OC(C)(C)C)C(C)(C)C)C(=O)C(=O)NCC(=O)N[C@H](C(=O)N(C)C)c1ccsc1. The number of Topliss-reactive ketones (excluding diaryl/α,β-unsaturated/α-hetero) is 1. The minimum Gasteiger partial charge on any atom is -0.444 e. The largest absolute Gasteiger partial charge is 0.444 e. The molecule has 0 radical (unpaired) electrons.